The Labute approximate surface area is 110 Å². The zero-order chi connectivity index (χ0) is 13.8. The van der Waals surface area contributed by atoms with E-state index in [0.29, 0.717) is 5.56 Å². The first-order valence-corrected chi connectivity index (χ1v) is 9.62. The van der Waals surface area contributed by atoms with Gasteiger partial charge in [0.1, 0.15) is 8.07 Å². The van der Waals surface area contributed by atoms with Gasteiger partial charge in [0.2, 0.25) is 0 Å². The number of esters is 1. The molecule has 0 N–H and O–H groups in total. The van der Waals surface area contributed by atoms with Gasteiger partial charge in [-0.15, -0.1) is 5.54 Å². The Morgan fingerprint density at radius 2 is 1.94 bits per heavy atom. The average Bonchev–Trinajstić information content (AvgIpc) is 2.25. The lowest BCUT2D eigenvalue weighted by Crippen LogP contribution is -2.16. The highest BCUT2D eigenvalue weighted by Gasteiger charge is 2.10. The molecule has 0 fully saturated rings. The van der Waals surface area contributed by atoms with Crippen LogP contribution in [-0.2, 0) is 4.74 Å². The molecule has 1 rings (SSSR count). The fourth-order valence-electron chi connectivity index (χ4n) is 1.27. The largest absolute Gasteiger partial charge is 0.459 e. The monoisotopic (exact) mass is 260 g/mol. The normalized spacial score (nSPS) is 10.8. The van der Waals surface area contributed by atoms with E-state index in [1.807, 2.05) is 26.0 Å². The van der Waals surface area contributed by atoms with Crippen LogP contribution in [0.25, 0.3) is 0 Å². The number of carbonyl (C=O) groups excluding carboxylic acids is 1. The highest BCUT2D eigenvalue weighted by atomic mass is 28.3. The third-order valence-electron chi connectivity index (χ3n) is 2.02. The van der Waals surface area contributed by atoms with E-state index >= 15 is 0 Å². The van der Waals surface area contributed by atoms with Crippen LogP contribution >= 0.6 is 0 Å². The first-order valence-electron chi connectivity index (χ1n) is 6.12. The van der Waals surface area contributed by atoms with Crippen LogP contribution in [0.2, 0.25) is 19.6 Å². The van der Waals surface area contributed by atoms with E-state index in [-0.39, 0.29) is 12.1 Å². The maximum Gasteiger partial charge on any atom is 0.338 e. The van der Waals surface area contributed by atoms with Crippen molar-refractivity contribution < 1.29 is 9.53 Å². The fraction of sp³-hybridized carbons (Fsp3) is 0.400. The van der Waals surface area contributed by atoms with Gasteiger partial charge in [0, 0.05) is 5.56 Å². The van der Waals surface area contributed by atoms with Crippen molar-refractivity contribution in [3.8, 4) is 11.5 Å². The summed E-state index contributed by atoms with van der Waals surface area (Å²) in [6.07, 6.45) is -0.103. The van der Waals surface area contributed by atoms with Crippen molar-refractivity contribution in [1.82, 2.24) is 0 Å². The van der Waals surface area contributed by atoms with Crippen LogP contribution in [-0.4, -0.2) is 20.1 Å². The summed E-state index contributed by atoms with van der Waals surface area (Å²) in [5.41, 5.74) is 4.71. The van der Waals surface area contributed by atoms with Crippen LogP contribution < -0.4 is 0 Å². The van der Waals surface area contributed by atoms with Crippen molar-refractivity contribution >= 4 is 14.0 Å². The van der Waals surface area contributed by atoms with E-state index in [2.05, 4.69) is 31.1 Å². The van der Waals surface area contributed by atoms with Crippen molar-refractivity contribution in [2.45, 2.75) is 39.6 Å². The highest BCUT2D eigenvalue weighted by Crippen LogP contribution is 2.08. The average molecular weight is 260 g/mol. The second-order valence-corrected chi connectivity index (χ2v) is 10.3. The van der Waals surface area contributed by atoms with Gasteiger partial charge >= 0.3 is 5.97 Å². The minimum atomic E-state index is -1.39. The lowest BCUT2D eigenvalue weighted by atomic mass is 10.1. The van der Waals surface area contributed by atoms with Crippen molar-refractivity contribution in [1.29, 1.82) is 0 Å². The Morgan fingerprint density at radius 1 is 1.28 bits per heavy atom. The molecule has 0 saturated heterocycles. The topological polar surface area (TPSA) is 26.3 Å². The number of hydrogen-bond donors (Lipinski definition) is 0. The molecule has 0 saturated carbocycles. The maximum atomic E-state index is 11.7. The van der Waals surface area contributed by atoms with Gasteiger partial charge < -0.3 is 4.74 Å². The third kappa shape index (κ3) is 5.20. The Hall–Kier alpha value is -1.53. The molecule has 0 aliphatic heterocycles. The lowest BCUT2D eigenvalue weighted by Gasteiger charge is -2.08. The van der Waals surface area contributed by atoms with E-state index in [0.717, 1.165) is 5.56 Å². The molecule has 0 unspecified atom stereocenters. The number of ether oxygens (including phenoxy) is 1. The molecule has 0 spiro atoms. The van der Waals surface area contributed by atoms with E-state index < -0.39 is 8.07 Å². The van der Waals surface area contributed by atoms with Crippen LogP contribution in [0.4, 0.5) is 0 Å². The highest BCUT2D eigenvalue weighted by molar-refractivity contribution is 6.83. The van der Waals surface area contributed by atoms with Gasteiger partial charge in [-0.3, -0.25) is 0 Å². The molecule has 18 heavy (non-hydrogen) atoms. The molecule has 0 heterocycles. The molecule has 1 aromatic carbocycles. The Balaban J connectivity index is 2.92. The van der Waals surface area contributed by atoms with Crippen LogP contribution in [0.15, 0.2) is 24.3 Å². The van der Waals surface area contributed by atoms with Crippen molar-refractivity contribution in [2.75, 3.05) is 0 Å². The summed E-state index contributed by atoms with van der Waals surface area (Å²) >= 11 is 0. The minimum Gasteiger partial charge on any atom is -0.459 e. The van der Waals surface area contributed by atoms with Crippen LogP contribution in [0.3, 0.4) is 0 Å². The Kier molecular flexibility index (Phi) is 4.74. The SMILES string of the molecule is CC(C)OC(=O)c1cccc(C#C[Si](C)(C)C)c1. The predicted molar refractivity (Wildman–Crippen MR) is 77.2 cm³/mol. The zero-order valence-electron chi connectivity index (χ0n) is 11.7. The van der Waals surface area contributed by atoms with Crippen LogP contribution in [0, 0.1) is 11.5 Å². The number of rotatable bonds is 2. The van der Waals surface area contributed by atoms with Gasteiger partial charge in [0.15, 0.2) is 0 Å². The third-order valence-corrected chi connectivity index (χ3v) is 2.90. The first-order chi connectivity index (χ1) is 8.28. The summed E-state index contributed by atoms with van der Waals surface area (Å²) in [5.74, 6) is 2.85. The Bertz CT molecular complexity index is 487. The predicted octanol–water partition coefficient (Wildman–Crippen LogP) is 3.48. The van der Waals surface area contributed by atoms with E-state index in [4.69, 9.17) is 4.74 Å². The summed E-state index contributed by atoms with van der Waals surface area (Å²) < 4.78 is 5.16. The lowest BCUT2D eigenvalue weighted by molar-refractivity contribution is 0.0378. The smallest absolute Gasteiger partial charge is 0.338 e. The first kappa shape index (κ1) is 14.5. The van der Waals surface area contributed by atoms with Gasteiger partial charge in [-0.25, -0.2) is 4.79 Å². The van der Waals surface area contributed by atoms with Crippen molar-refractivity contribution in [3.63, 3.8) is 0 Å². The van der Waals surface area contributed by atoms with Gasteiger partial charge in [0.25, 0.3) is 0 Å². The molecule has 0 radical (unpaired) electrons. The second-order valence-electron chi connectivity index (χ2n) is 5.53. The molecule has 0 aromatic heterocycles. The molecular weight excluding hydrogens is 240 g/mol. The molecule has 2 nitrogen and oxygen atoms in total. The minimum absolute atomic E-state index is 0.103. The quantitative estimate of drug-likeness (QED) is 0.462. The molecule has 3 heteroatoms. The van der Waals surface area contributed by atoms with E-state index in [1.165, 1.54) is 0 Å². The van der Waals surface area contributed by atoms with Gasteiger partial charge in [-0.1, -0.05) is 31.6 Å². The van der Waals surface area contributed by atoms with E-state index in [9.17, 15) is 4.79 Å². The van der Waals surface area contributed by atoms with Crippen molar-refractivity contribution in [3.05, 3.63) is 35.4 Å². The molecule has 0 aliphatic carbocycles. The second kappa shape index (κ2) is 5.88. The zero-order valence-corrected chi connectivity index (χ0v) is 12.7. The summed E-state index contributed by atoms with van der Waals surface area (Å²) in [5, 5.41) is 0. The molecule has 96 valence electrons. The molecule has 0 atom stereocenters. The number of benzene rings is 1. The number of carbonyl (C=O) groups is 1. The number of hydrogen-bond acceptors (Lipinski definition) is 2. The molecule has 1 aromatic rings. The molecule has 0 amide bonds. The van der Waals surface area contributed by atoms with E-state index in [1.54, 1.807) is 12.1 Å². The maximum absolute atomic E-state index is 11.7. The van der Waals surface area contributed by atoms with Crippen LogP contribution in [0.5, 0.6) is 0 Å². The fourth-order valence-corrected chi connectivity index (χ4v) is 1.79. The summed E-state index contributed by atoms with van der Waals surface area (Å²) in [6.45, 7) is 10.3. The summed E-state index contributed by atoms with van der Waals surface area (Å²) in [4.78, 5) is 11.7. The Morgan fingerprint density at radius 3 is 2.50 bits per heavy atom. The van der Waals surface area contributed by atoms with Crippen LogP contribution in [0.1, 0.15) is 29.8 Å². The molecular formula is C15H20O2Si. The van der Waals surface area contributed by atoms with Gasteiger partial charge in [-0.2, -0.15) is 0 Å². The van der Waals surface area contributed by atoms with Gasteiger partial charge in [-0.05, 0) is 32.0 Å². The summed E-state index contributed by atoms with van der Waals surface area (Å²) in [7, 11) is -1.39. The van der Waals surface area contributed by atoms with Crippen molar-refractivity contribution in [2.24, 2.45) is 0 Å². The summed E-state index contributed by atoms with van der Waals surface area (Å²) in [6, 6.07) is 7.30. The standard InChI is InChI=1S/C15H20O2Si/c1-12(2)17-15(16)14-8-6-7-13(11-14)9-10-18(3,4)5/h6-8,11-12H,1-5H3. The van der Waals surface area contributed by atoms with Gasteiger partial charge in [0.05, 0.1) is 11.7 Å². The molecule has 0 bridgehead atoms. The molecule has 0 aliphatic rings.